The molecule has 1 amide bonds. The van der Waals surface area contributed by atoms with E-state index in [1.54, 1.807) is 24.5 Å². The minimum atomic E-state index is -0.321. The first-order chi connectivity index (χ1) is 10.9. The SMILES string of the molecule is Cc1c(C(=O)Nc2ccncc2)oc2c1/C(=N/O)CC(C)(C)C2. The van der Waals surface area contributed by atoms with Crippen molar-refractivity contribution in [2.75, 3.05) is 5.32 Å². The molecule has 0 bridgehead atoms. The van der Waals surface area contributed by atoms with Gasteiger partial charge in [-0.15, -0.1) is 0 Å². The molecular formula is C17H19N3O3. The summed E-state index contributed by atoms with van der Waals surface area (Å²) in [7, 11) is 0. The van der Waals surface area contributed by atoms with Gasteiger partial charge in [-0.25, -0.2) is 0 Å². The van der Waals surface area contributed by atoms with Gasteiger partial charge in [0, 0.05) is 35.6 Å². The molecule has 6 heteroatoms. The molecule has 0 unspecified atom stereocenters. The minimum absolute atomic E-state index is 0.0717. The van der Waals surface area contributed by atoms with Gasteiger partial charge in [0.1, 0.15) is 5.76 Å². The van der Waals surface area contributed by atoms with Gasteiger partial charge in [0.25, 0.3) is 5.91 Å². The third kappa shape index (κ3) is 2.84. The summed E-state index contributed by atoms with van der Waals surface area (Å²) in [6.45, 7) is 5.97. The molecule has 0 saturated carbocycles. The van der Waals surface area contributed by atoms with Crippen LogP contribution in [0.5, 0.6) is 0 Å². The first-order valence-corrected chi connectivity index (χ1v) is 7.46. The van der Waals surface area contributed by atoms with Crippen LogP contribution in [0.1, 0.15) is 47.7 Å². The van der Waals surface area contributed by atoms with Crippen LogP contribution in [0.15, 0.2) is 34.1 Å². The highest BCUT2D eigenvalue weighted by Gasteiger charge is 2.36. The molecule has 0 saturated heterocycles. The number of hydrogen-bond acceptors (Lipinski definition) is 5. The molecule has 23 heavy (non-hydrogen) atoms. The maximum absolute atomic E-state index is 12.5. The number of nitrogens with zero attached hydrogens (tertiary/aromatic N) is 2. The van der Waals surface area contributed by atoms with E-state index >= 15 is 0 Å². The highest BCUT2D eigenvalue weighted by Crippen LogP contribution is 2.38. The number of aromatic nitrogens is 1. The predicted octanol–water partition coefficient (Wildman–Crippen LogP) is 3.39. The Labute approximate surface area is 134 Å². The number of oxime groups is 1. The van der Waals surface area contributed by atoms with E-state index in [2.05, 4.69) is 29.3 Å². The van der Waals surface area contributed by atoms with Crippen molar-refractivity contribution >= 4 is 17.3 Å². The zero-order valence-electron chi connectivity index (χ0n) is 13.4. The highest BCUT2D eigenvalue weighted by molar-refractivity contribution is 6.09. The monoisotopic (exact) mass is 313 g/mol. The Morgan fingerprint density at radius 2 is 2.04 bits per heavy atom. The van der Waals surface area contributed by atoms with E-state index < -0.39 is 0 Å². The summed E-state index contributed by atoms with van der Waals surface area (Å²) >= 11 is 0. The lowest BCUT2D eigenvalue weighted by molar-refractivity contribution is 0.0993. The fraction of sp³-hybridized carbons (Fsp3) is 0.353. The molecule has 2 N–H and O–H groups in total. The summed E-state index contributed by atoms with van der Waals surface area (Å²) in [5.74, 6) is 0.635. The zero-order chi connectivity index (χ0) is 16.6. The summed E-state index contributed by atoms with van der Waals surface area (Å²) in [5, 5.41) is 15.5. The molecule has 1 aliphatic rings. The fourth-order valence-corrected chi connectivity index (χ4v) is 3.04. The van der Waals surface area contributed by atoms with E-state index in [1.165, 1.54) is 0 Å². The van der Waals surface area contributed by atoms with Crippen LogP contribution in [0.3, 0.4) is 0 Å². The van der Waals surface area contributed by atoms with Gasteiger partial charge < -0.3 is 14.9 Å². The molecule has 6 nitrogen and oxygen atoms in total. The molecule has 2 heterocycles. The second-order valence-electron chi connectivity index (χ2n) is 6.61. The number of fused-ring (bicyclic) bond motifs is 1. The Hall–Kier alpha value is -2.63. The first kappa shape index (κ1) is 15.3. The summed E-state index contributed by atoms with van der Waals surface area (Å²) in [6.07, 6.45) is 4.55. The third-order valence-corrected chi connectivity index (χ3v) is 4.06. The molecular weight excluding hydrogens is 294 g/mol. The van der Waals surface area contributed by atoms with Crippen LogP contribution >= 0.6 is 0 Å². The number of nitrogens with one attached hydrogen (secondary N) is 1. The van der Waals surface area contributed by atoms with E-state index in [9.17, 15) is 10.0 Å². The average molecular weight is 313 g/mol. The quantitative estimate of drug-likeness (QED) is 0.657. The van der Waals surface area contributed by atoms with Crippen molar-refractivity contribution in [3.05, 3.63) is 47.2 Å². The number of carbonyl (C=O) groups excluding carboxylic acids is 1. The summed E-state index contributed by atoms with van der Waals surface area (Å²) in [6, 6.07) is 3.42. The number of furan rings is 1. The lowest BCUT2D eigenvalue weighted by atomic mass is 9.75. The Balaban J connectivity index is 1.97. The van der Waals surface area contributed by atoms with Crippen LogP contribution in [0.2, 0.25) is 0 Å². The summed E-state index contributed by atoms with van der Waals surface area (Å²) < 4.78 is 5.82. The van der Waals surface area contributed by atoms with Crippen molar-refractivity contribution in [2.45, 2.75) is 33.6 Å². The van der Waals surface area contributed by atoms with Crippen molar-refractivity contribution in [3.63, 3.8) is 0 Å². The normalized spacial score (nSPS) is 17.8. The Kier molecular flexibility index (Phi) is 3.67. The molecule has 0 aromatic carbocycles. The van der Waals surface area contributed by atoms with E-state index in [4.69, 9.17) is 4.42 Å². The first-order valence-electron chi connectivity index (χ1n) is 7.46. The van der Waals surface area contributed by atoms with E-state index in [1.807, 2.05) is 6.92 Å². The average Bonchev–Trinajstić information content (AvgIpc) is 2.83. The molecule has 0 spiro atoms. The van der Waals surface area contributed by atoms with Crippen molar-refractivity contribution in [2.24, 2.45) is 10.6 Å². The fourth-order valence-electron chi connectivity index (χ4n) is 3.04. The lowest BCUT2D eigenvalue weighted by Gasteiger charge is -2.28. The van der Waals surface area contributed by atoms with Gasteiger partial charge in [-0.05, 0) is 30.9 Å². The van der Waals surface area contributed by atoms with Gasteiger partial charge in [0.05, 0.1) is 5.71 Å². The Bertz CT molecular complexity index is 776. The number of rotatable bonds is 2. The summed E-state index contributed by atoms with van der Waals surface area (Å²) in [5.41, 5.74) is 2.61. The van der Waals surface area contributed by atoms with E-state index in [0.717, 1.165) is 5.56 Å². The van der Waals surface area contributed by atoms with Crippen LogP contribution in [0.25, 0.3) is 0 Å². The number of amides is 1. The topological polar surface area (TPSA) is 87.7 Å². The molecule has 120 valence electrons. The Morgan fingerprint density at radius 1 is 1.35 bits per heavy atom. The highest BCUT2D eigenvalue weighted by atomic mass is 16.4. The van der Waals surface area contributed by atoms with Gasteiger partial charge in [0.15, 0.2) is 5.76 Å². The number of anilines is 1. The molecule has 1 aliphatic carbocycles. The summed E-state index contributed by atoms with van der Waals surface area (Å²) in [4.78, 5) is 16.4. The smallest absolute Gasteiger partial charge is 0.291 e. The van der Waals surface area contributed by atoms with Gasteiger partial charge >= 0.3 is 0 Å². The molecule has 3 rings (SSSR count). The van der Waals surface area contributed by atoms with E-state index in [0.29, 0.717) is 35.6 Å². The van der Waals surface area contributed by atoms with Gasteiger partial charge in [-0.2, -0.15) is 0 Å². The molecule has 0 aliphatic heterocycles. The zero-order valence-corrected chi connectivity index (χ0v) is 13.4. The molecule has 2 aromatic rings. The van der Waals surface area contributed by atoms with Crippen molar-refractivity contribution in [1.29, 1.82) is 0 Å². The molecule has 0 atom stereocenters. The third-order valence-electron chi connectivity index (χ3n) is 4.06. The second kappa shape index (κ2) is 5.53. The maximum Gasteiger partial charge on any atom is 0.291 e. The Morgan fingerprint density at radius 3 is 2.70 bits per heavy atom. The van der Waals surface area contributed by atoms with Crippen LogP contribution < -0.4 is 5.32 Å². The van der Waals surface area contributed by atoms with E-state index in [-0.39, 0.29) is 17.1 Å². The molecule has 0 radical (unpaired) electrons. The van der Waals surface area contributed by atoms with Crippen LogP contribution in [-0.4, -0.2) is 21.8 Å². The van der Waals surface area contributed by atoms with Gasteiger partial charge in [-0.1, -0.05) is 19.0 Å². The largest absolute Gasteiger partial charge is 0.455 e. The van der Waals surface area contributed by atoms with Crippen LogP contribution in [-0.2, 0) is 6.42 Å². The maximum atomic E-state index is 12.5. The van der Waals surface area contributed by atoms with Crippen LogP contribution in [0, 0.1) is 12.3 Å². The minimum Gasteiger partial charge on any atom is -0.455 e. The number of pyridine rings is 1. The van der Waals surface area contributed by atoms with Gasteiger partial charge in [-0.3, -0.25) is 9.78 Å². The molecule has 0 fully saturated rings. The number of hydrogen-bond donors (Lipinski definition) is 2. The van der Waals surface area contributed by atoms with Crippen LogP contribution in [0.4, 0.5) is 5.69 Å². The second-order valence-corrected chi connectivity index (χ2v) is 6.61. The van der Waals surface area contributed by atoms with Crippen molar-refractivity contribution < 1.29 is 14.4 Å². The molecule has 2 aromatic heterocycles. The van der Waals surface area contributed by atoms with Crippen molar-refractivity contribution in [1.82, 2.24) is 4.98 Å². The lowest BCUT2D eigenvalue weighted by Crippen LogP contribution is -2.27. The predicted molar refractivity (Wildman–Crippen MR) is 86.1 cm³/mol. The standard InChI is InChI=1S/C17H19N3O3/c1-10-14-12(20-22)8-17(2,3)9-13(14)23-15(10)16(21)19-11-4-6-18-7-5-11/h4-7,22H,8-9H2,1-3H3,(H,18,19,21)/b20-12+. The number of carbonyl (C=O) groups is 1. The van der Waals surface area contributed by atoms with Gasteiger partial charge in [0.2, 0.25) is 0 Å². The van der Waals surface area contributed by atoms with Crippen molar-refractivity contribution in [3.8, 4) is 0 Å².